The molecule has 15 heavy (non-hydrogen) atoms. The Balaban J connectivity index is 3.13. The SMILES string of the molecule is N#Cc1cc(N)c(OC(F)(F)F)cc1F. The van der Waals surface area contributed by atoms with Gasteiger partial charge in [-0.1, -0.05) is 0 Å². The van der Waals surface area contributed by atoms with Gasteiger partial charge in [0.2, 0.25) is 0 Å². The zero-order valence-electron chi connectivity index (χ0n) is 7.10. The number of nitriles is 1. The fourth-order valence-electron chi connectivity index (χ4n) is 0.871. The summed E-state index contributed by atoms with van der Waals surface area (Å²) in [5.74, 6) is -1.98. The van der Waals surface area contributed by atoms with Crippen LogP contribution in [0.1, 0.15) is 5.56 Å². The highest BCUT2D eigenvalue weighted by Gasteiger charge is 2.32. The first kappa shape index (κ1) is 11.1. The van der Waals surface area contributed by atoms with Gasteiger partial charge in [-0.15, -0.1) is 13.2 Å². The molecule has 0 aliphatic rings. The van der Waals surface area contributed by atoms with Crippen LogP contribution in [0.5, 0.6) is 5.75 Å². The molecule has 1 aromatic carbocycles. The van der Waals surface area contributed by atoms with Crippen LogP contribution in [0.4, 0.5) is 23.2 Å². The molecule has 0 unspecified atom stereocenters. The first-order valence-corrected chi connectivity index (χ1v) is 3.58. The first-order chi connectivity index (χ1) is 6.83. The lowest BCUT2D eigenvalue weighted by Crippen LogP contribution is -2.18. The van der Waals surface area contributed by atoms with E-state index in [9.17, 15) is 17.6 Å². The average Bonchev–Trinajstić information content (AvgIpc) is 2.08. The summed E-state index contributed by atoms with van der Waals surface area (Å²) in [7, 11) is 0. The maximum atomic E-state index is 12.9. The summed E-state index contributed by atoms with van der Waals surface area (Å²) >= 11 is 0. The highest BCUT2D eigenvalue weighted by molar-refractivity contribution is 5.57. The van der Waals surface area contributed by atoms with Crippen LogP contribution in [0.25, 0.3) is 0 Å². The van der Waals surface area contributed by atoms with Crippen LogP contribution in [0.3, 0.4) is 0 Å². The molecule has 0 spiro atoms. The zero-order chi connectivity index (χ0) is 11.6. The Kier molecular flexibility index (Phi) is 2.70. The molecular formula is C8H4F4N2O. The molecule has 0 bridgehead atoms. The lowest BCUT2D eigenvalue weighted by molar-refractivity contribution is -0.274. The molecule has 0 saturated carbocycles. The number of nitrogen functional groups attached to an aromatic ring is 1. The van der Waals surface area contributed by atoms with Crippen molar-refractivity contribution in [3.8, 4) is 11.8 Å². The van der Waals surface area contributed by atoms with E-state index in [4.69, 9.17) is 11.0 Å². The van der Waals surface area contributed by atoms with E-state index in [2.05, 4.69) is 4.74 Å². The molecule has 0 amide bonds. The van der Waals surface area contributed by atoms with Gasteiger partial charge in [-0.25, -0.2) is 4.39 Å². The Morgan fingerprint density at radius 2 is 1.93 bits per heavy atom. The van der Waals surface area contributed by atoms with Gasteiger partial charge < -0.3 is 10.5 Å². The summed E-state index contributed by atoms with van der Waals surface area (Å²) in [4.78, 5) is 0. The van der Waals surface area contributed by atoms with Crippen LogP contribution in [-0.2, 0) is 0 Å². The van der Waals surface area contributed by atoms with Crippen LogP contribution < -0.4 is 10.5 Å². The van der Waals surface area contributed by atoms with Crippen molar-refractivity contribution in [2.75, 3.05) is 5.73 Å². The van der Waals surface area contributed by atoms with Crippen molar-refractivity contribution in [1.29, 1.82) is 5.26 Å². The molecule has 1 rings (SSSR count). The predicted molar refractivity (Wildman–Crippen MR) is 42.2 cm³/mol. The van der Waals surface area contributed by atoms with E-state index < -0.39 is 29.2 Å². The summed E-state index contributed by atoms with van der Waals surface area (Å²) < 4.78 is 51.6. The van der Waals surface area contributed by atoms with E-state index in [1.54, 1.807) is 0 Å². The summed E-state index contributed by atoms with van der Waals surface area (Å²) in [5, 5.41) is 8.36. The number of halogens is 4. The van der Waals surface area contributed by atoms with Crippen molar-refractivity contribution in [2.45, 2.75) is 6.36 Å². The number of alkyl halides is 3. The minimum atomic E-state index is -4.95. The maximum absolute atomic E-state index is 12.9. The minimum Gasteiger partial charge on any atom is -0.403 e. The molecule has 0 heterocycles. The lowest BCUT2D eigenvalue weighted by atomic mass is 10.2. The number of nitrogens with zero attached hydrogens (tertiary/aromatic N) is 1. The Morgan fingerprint density at radius 3 is 2.40 bits per heavy atom. The summed E-state index contributed by atoms with van der Waals surface area (Å²) in [6, 6.07) is 2.63. The zero-order valence-corrected chi connectivity index (χ0v) is 7.10. The molecule has 0 saturated heterocycles. The molecule has 0 fully saturated rings. The number of hydrogen-bond donors (Lipinski definition) is 1. The largest absolute Gasteiger partial charge is 0.573 e. The van der Waals surface area contributed by atoms with E-state index in [-0.39, 0.29) is 0 Å². The number of rotatable bonds is 1. The van der Waals surface area contributed by atoms with Gasteiger partial charge in [0.05, 0.1) is 11.3 Å². The van der Waals surface area contributed by atoms with Crippen molar-refractivity contribution in [3.05, 3.63) is 23.5 Å². The van der Waals surface area contributed by atoms with E-state index in [1.807, 2.05) is 0 Å². The summed E-state index contributed by atoms with van der Waals surface area (Å²) in [6.45, 7) is 0. The predicted octanol–water partition coefficient (Wildman–Crippen LogP) is 2.18. The maximum Gasteiger partial charge on any atom is 0.573 e. The second-order valence-electron chi connectivity index (χ2n) is 2.53. The molecule has 7 heteroatoms. The molecule has 2 N–H and O–H groups in total. The Morgan fingerprint density at radius 1 is 1.33 bits per heavy atom. The normalized spacial score (nSPS) is 10.9. The molecule has 0 aliphatic heterocycles. The van der Waals surface area contributed by atoms with Gasteiger partial charge in [-0.2, -0.15) is 5.26 Å². The molecule has 0 aliphatic carbocycles. The molecular weight excluding hydrogens is 216 g/mol. The van der Waals surface area contributed by atoms with Crippen molar-refractivity contribution in [3.63, 3.8) is 0 Å². The van der Waals surface area contributed by atoms with Crippen molar-refractivity contribution in [2.24, 2.45) is 0 Å². The Hall–Kier alpha value is -1.97. The van der Waals surface area contributed by atoms with Crippen molar-refractivity contribution in [1.82, 2.24) is 0 Å². The van der Waals surface area contributed by atoms with Gasteiger partial charge >= 0.3 is 6.36 Å². The topological polar surface area (TPSA) is 59.0 Å². The summed E-state index contributed by atoms with van der Waals surface area (Å²) in [6.07, 6.45) is -4.95. The molecule has 80 valence electrons. The van der Waals surface area contributed by atoms with Crippen LogP contribution in [0.15, 0.2) is 12.1 Å². The highest BCUT2D eigenvalue weighted by Crippen LogP contribution is 2.30. The van der Waals surface area contributed by atoms with Gasteiger partial charge in [0.25, 0.3) is 0 Å². The minimum absolute atomic E-state index is 0.418. The van der Waals surface area contributed by atoms with Gasteiger partial charge in [0, 0.05) is 6.07 Å². The van der Waals surface area contributed by atoms with Gasteiger partial charge in [0.15, 0.2) is 5.75 Å². The molecule has 1 aromatic rings. The van der Waals surface area contributed by atoms with Gasteiger partial charge in [0.1, 0.15) is 11.9 Å². The van der Waals surface area contributed by atoms with E-state index >= 15 is 0 Å². The Labute approximate surface area is 81.7 Å². The molecule has 0 radical (unpaired) electrons. The lowest BCUT2D eigenvalue weighted by Gasteiger charge is -2.11. The van der Waals surface area contributed by atoms with E-state index in [0.29, 0.717) is 6.07 Å². The quantitative estimate of drug-likeness (QED) is 0.582. The summed E-state index contributed by atoms with van der Waals surface area (Å²) in [5.41, 5.74) is 4.23. The highest BCUT2D eigenvalue weighted by atomic mass is 19.4. The number of ether oxygens (including phenoxy) is 1. The van der Waals surface area contributed by atoms with E-state index in [0.717, 1.165) is 6.07 Å². The van der Waals surface area contributed by atoms with Crippen LogP contribution >= 0.6 is 0 Å². The Bertz CT molecular complexity index is 422. The van der Waals surface area contributed by atoms with Crippen molar-refractivity contribution >= 4 is 5.69 Å². The number of hydrogen-bond acceptors (Lipinski definition) is 3. The number of anilines is 1. The van der Waals surface area contributed by atoms with Crippen LogP contribution in [0.2, 0.25) is 0 Å². The second kappa shape index (κ2) is 3.65. The average molecular weight is 220 g/mol. The van der Waals surface area contributed by atoms with Gasteiger partial charge in [-0.05, 0) is 6.07 Å². The van der Waals surface area contributed by atoms with Crippen LogP contribution in [0, 0.1) is 17.1 Å². The fourth-order valence-corrected chi connectivity index (χ4v) is 0.871. The second-order valence-corrected chi connectivity index (χ2v) is 2.53. The van der Waals surface area contributed by atoms with Crippen LogP contribution in [-0.4, -0.2) is 6.36 Å². The molecule has 0 aromatic heterocycles. The van der Waals surface area contributed by atoms with Gasteiger partial charge in [-0.3, -0.25) is 0 Å². The monoisotopic (exact) mass is 220 g/mol. The third-order valence-electron chi connectivity index (χ3n) is 1.45. The van der Waals surface area contributed by atoms with E-state index in [1.165, 1.54) is 6.07 Å². The number of benzene rings is 1. The standard InChI is InChI=1S/C8H4F4N2O/c9-5-2-7(15-8(10,11)12)6(14)1-4(5)3-13/h1-2H,14H2. The third kappa shape index (κ3) is 2.74. The van der Waals surface area contributed by atoms with Crippen molar-refractivity contribution < 1.29 is 22.3 Å². The molecule has 3 nitrogen and oxygen atoms in total. The fraction of sp³-hybridized carbons (Fsp3) is 0.125. The smallest absolute Gasteiger partial charge is 0.403 e. The number of nitrogens with two attached hydrogens (primary N) is 1. The third-order valence-corrected chi connectivity index (χ3v) is 1.45. The first-order valence-electron chi connectivity index (χ1n) is 3.58. The molecule has 0 atom stereocenters.